The Kier molecular flexibility index (Phi) is 11.4. The molecule has 0 amide bonds. The van der Waals surface area contributed by atoms with E-state index in [0.717, 1.165) is 0 Å². The van der Waals surface area contributed by atoms with Crippen molar-refractivity contribution in [1.29, 1.82) is 0 Å². The fraction of sp³-hybridized carbons (Fsp3) is 1.00. The van der Waals surface area contributed by atoms with Crippen LogP contribution in [0.25, 0.3) is 0 Å². The van der Waals surface area contributed by atoms with E-state index >= 15 is 0 Å². The molecule has 0 aromatic carbocycles. The molecule has 43 heavy (non-hydrogen) atoms. The summed E-state index contributed by atoms with van der Waals surface area (Å²) >= 11 is 15.6. The van der Waals surface area contributed by atoms with E-state index in [1.165, 1.54) is 4.74 Å². The Morgan fingerprint density at radius 2 is 0.744 bits per heavy atom. The molecule has 29 heteroatoms. The number of hydrogen-bond donors (Lipinski definition) is 0. The van der Waals surface area contributed by atoms with Gasteiger partial charge in [-0.25, -0.2) is 0 Å². The summed E-state index contributed by atoms with van der Waals surface area (Å²) in [6, 6.07) is -4.70. The quantitative estimate of drug-likeness (QED) is 0.0758. The minimum atomic E-state index is -9.30. The van der Waals surface area contributed by atoms with Gasteiger partial charge in [-0.2, -0.15) is 101 Å². The molecule has 0 saturated carbocycles. The zero-order chi connectivity index (χ0) is 35.5. The van der Waals surface area contributed by atoms with Gasteiger partial charge < -0.3 is 4.74 Å². The summed E-state index contributed by atoms with van der Waals surface area (Å²) in [5.74, 6) is -62.2. The largest absolute Gasteiger partial charge is 0.460 e. The van der Waals surface area contributed by atoms with Crippen molar-refractivity contribution in [2.75, 3.05) is 6.61 Å². The maximum atomic E-state index is 14.1. The maximum absolute atomic E-state index is 14.1. The molecule has 0 bridgehead atoms. The summed E-state index contributed by atoms with van der Waals surface area (Å²) < 4.78 is 308. The molecular formula is C14H6Cl3F23O2Si. The lowest BCUT2D eigenvalue weighted by atomic mass is 9.90. The highest BCUT2D eigenvalue weighted by molar-refractivity contribution is 7.64. The van der Waals surface area contributed by atoms with Crippen molar-refractivity contribution in [3.05, 3.63) is 0 Å². The van der Waals surface area contributed by atoms with Crippen LogP contribution >= 0.6 is 33.2 Å². The standard InChI is InChI=1S/C14H6Cl3F23O2Si/c15-43(16,17)3-1-2-41-14(39,40)10(30,12(34,35)36)42-13(37,38)9(28,29)7(24,25)5(20,21)4(18,19)6(22,23)8(26,27)11(31,32)33/h1-3H2. The van der Waals surface area contributed by atoms with Crippen LogP contribution in [0.5, 0.6) is 0 Å². The molecule has 0 aromatic rings. The van der Waals surface area contributed by atoms with Crippen molar-refractivity contribution < 1.29 is 110 Å². The first-order valence-corrected chi connectivity index (χ1v) is 14.7. The molecule has 0 fully saturated rings. The highest BCUT2D eigenvalue weighted by Crippen LogP contribution is 2.65. The minimum Gasteiger partial charge on any atom is -0.316 e. The lowest BCUT2D eigenvalue weighted by Gasteiger charge is -2.43. The average Bonchev–Trinajstić information content (AvgIpc) is 2.73. The van der Waals surface area contributed by atoms with E-state index in [9.17, 15) is 101 Å². The molecule has 260 valence electrons. The van der Waals surface area contributed by atoms with Crippen LogP contribution in [0, 0.1) is 0 Å². The molecule has 0 rings (SSSR count). The number of rotatable bonds is 14. The van der Waals surface area contributed by atoms with Crippen LogP contribution in [-0.2, 0) is 9.47 Å². The first kappa shape index (κ1) is 42.4. The van der Waals surface area contributed by atoms with E-state index in [1.807, 2.05) is 0 Å². The second-order valence-electron chi connectivity index (χ2n) is 7.74. The number of alkyl halides is 23. The van der Waals surface area contributed by atoms with Gasteiger partial charge in [0, 0.05) is 0 Å². The van der Waals surface area contributed by atoms with Crippen molar-refractivity contribution in [2.45, 2.75) is 78.4 Å². The summed E-state index contributed by atoms with van der Waals surface area (Å²) in [7, 11) is 0. The second-order valence-corrected chi connectivity index (χ2v) is 17.0. The fourth-order valence-corrected chi connectivity index (χ4v) is 3.99. The van der Waals surface area contributed by atoms with E-state index < -0.39 is 91.0 Å². The molecule has 0 N–H and O–H groups in total. The van der Waals surface area contributed by atoms with Gasteiger partial charge >= 0.3 is 72.0 Å². The van der Waals surface area contributed by atoms with Crippen molar-refractivity contribution in [3.63, 3.8) is 0 Å². The average molecular weight is 778 g/mol. The zero-order valence-electron chi connectivity index (χ0n) is 18.8. The first-order chi connectivity index (χ1) is 18.2. The smallest absolute Gasteiger partial charge is 0.316 e. The topological polar surface area (TPSA) is 18.5 Å². The molecule has 1 unspecified atom stereocenters. The zero-order valence-corrected chi connectivity index (χ0v) is 22.0. The SMILES string of the molecule is FC(F)(F)C(F)(F)C(F)(F)C(F)(F)C(F)(F)C(F)(F)C(F)(F)C(F)(F)OC(F)(C(F)(F)F)C(F)(F)OCCC[Si](Cl)(Cl)Cl. The van der Waals surface area contributed by atoms with Gasteiger partial charge in [-0.05, 0) is 12.5 Å². The molecule has 0 aliphatic rings. The van der Waals surface area contributed by atoms with Crippen LogP contribution in [0.2, 0.25) is 6.04 Å². The Labute approximate surface area is 235 Å². The number of halogens is 26. The van der Waals surface area contributed by atoms with Crippen LogP contribution in [0.15, 0.2) is 0 Å². The normalized spacial score (nSPS) is 17.7. The van der Waals surface area contributed by atoms with Gasteiger partial charge in [0.25, 0.3) is 0 Å². The Bertz CT molecular complexity index is 974. The van der Waals surface area contributed by atoms with Crippen LogP contribution in [-0.4, -0.2) is 78.6 Å². The Morgan fingerprint density at radius 3 is 1.05 bits per heavy atom. The van der Waals surface area contributed by atoms with Crippen LogP contribution in [0.1, 0.15) is 6.42 Å². The van der Waals surface area contributed by atoms with Gasteiger partial charge in [0.1, 0.15) is 0 Å². The molecule has 1 atom stereocenters. The molecule has 0 radical (unpaired) electrons. The second kappa shape index (κ2) is 11.6. The van der Waals surface area contributed by atoms with Gasteiger partial charge in [0.2, 0.25) is 0 Å². The van der Waals surface area contributed by atoms with Crippen molar-refractivity contribution in [3.8, 4) is 0 Å². The summed E-state index contributed by atoms with van der Waals surface area (Å²) in [6.45, 7) is -2.01. The van der Waals surface area contributed by atoms with E-state index in [4.69, 9.17) is 33.2 Å². The molecule has 0 aliphatic heterocycles. The Morgan fingerprint density at radius 1 is 0.419 bits per heavy atom. The third-order valence-corrected chi connectivity index (χ3v) is 7.21. The van der Waals surface area contributed by atoms with E-state index in [-0.39, 0.29) is 0 Å². The van der Waals surface area contributed by atoms with Crippen molar-refractivity contribution in [2.24, 2.45) is 0 Å². The summed E-state index contributed by atoms with van der Waals surface area (Å²) in [5, 5.41) is 0. The van der Waals surface area contributed by atoms with Gasteiger partial charge in [0.05, 0.1) is 6.61 Å². The lowest BCUT2D eigenvalue weighted by molar-refractivity contribution is -0.538. The van der Waals surface area contributed by atoms with Gasteiger partial charge in [-0.1, -0.05) is 0 Å². The number of ether oxygens (including phenoxy) is 2. The molecule has 0 aromatic heterocycles. The highest BCUT2D eigenvalue weighted by Gasteiger charge is 2.96. The van der Waals surface area contributed by atoms with E-state index in [0.29, 0.717) is 0 Å². The van der Waals surface area contributed by atoms with Crippen molar-refractivity contribution >= 4 is 39.2 Å². The van der Waals surface area contributed by atoms with Crippen LogP contribution in [0.4, 0.5) is 101 Å². The predicted molar refractivity (Wildman–Crippen MR) is 95.3 cm³/mol. The Balaban J connectivity index is 6.89. The maximum Gasteiger partial charge on any atom is 0.460 e. The molecule has 0 heterocycles. The molecule has 2 nitrogen and oxygen atoms in total. The van der Waals surface area contributed by atoms with Gasteiger partial charge in [-0.15, -0.1) is 33.2 Å². The van der Waals surface area contributed by atoms with E-state index in [2.05, 4.69) is 4.74 Å². The predicted octanol–water partition coefficient (Wildman–Crippen LogP) is 9.85. The van der Waals surface area contributed by atoms with E-state index in [1.54, 1.807) is 0 Å². The third-order valence-electron chi connectivity index (χ3n) is 4.59. The molecular weight excluding hydrogens is 772 g/mol. The minimum absolute atomic E-state index is 0.859. The highest BCUT2D eigenvalue weighted by atomic mass is 35.8. The summed E-state index contributed by atoms with van der Waals surface area (Å²) in [5.41, 5.74) is 0. The number of hydrogen-bond acceptors (Lipinski definition) is 2. The Hall–Kier alpha value is -0.603. The summed E-state index contributed by atoms with van der Waals surface area (Å²) in [4.78, 5) is 0. The molecule has 0 aliphatic carbocycles. The fourth-order valence-electron chi connectivity index (χ4n) is 2.24. The van der Waals surface area contributed by atoms with Gasteiger partial charge in [0.15, 0.2) is 0 Å². The van der Waals surface area contributed by atoms with Crippen molar-refractivity contribution in [1.82, 2.24) is 0 Å². The van der Waals surface area contributed by atoms with Crippen LogP contribution in [0.3, 0.4) is 0 Å². The molecule has 0 spiro atoms. The first-order valence-electron chi connectivity index (χ1n) is 9.42. The molecule has 0 saturated heterocycles. The monoisotopic (exact) mass is 776 g/mol. The van der Waals surface area contributed by atoms with Gasteiger partial charge in [-0.3, -0.25) is 4.74 Å². The van der Waals surface area contributed by atoms with Crippen LogP contribution < -0.4 is 0 Å². The third kappa shape index (κ3) is 7.06. The lowest BCUT2D eigenvalue weighted by Crippen LogP contribution is -2.75. The summed E-state index contributed by atoms with van der Waals surface area (Å²) in [6.07, 6.45) is -32.9.